The van der Waals surface area contributed by atoms with Crippen molar-refractivity contribution in [2.75, 3.05) is 19.8 Å². The highest BCUT2D eigenvalue weighted by Crippen LogP contribution is 2.24. The van der Waals surface area contributed by atoms with E-state index < -0.39 is 0 Å². The van der Waals surface area contributed by atoms with Crippen LogP contribution >= 0.6 is 0 Å². The fraction of sp³-hybridized carbons (Fsp3) is 0.900. The standard InChI is InChI=1S/C10H19NO3/c1-2-14-7-10(13)11-6-8-3-4-9(12)5-8/h8-9,12H,2-7H2,1H3,(H,11,13). The molecule has 4 nitrogen and oxygen atoms in total. The first-order valence-corrected chi connectivity index (χ1v) is 5.25. The minimum atomic E-state index is -0.163. The number of carbonyl (C=O) groups is 1. The molecule has 1 saturated carbocycles. The van der Waals surface area contributed by atoms with E-state index >= 15 is 0 Å². The van der Waals surface area contributed by atoms with Crippen molar-refractivity contribution in [3.63, 3.8) is 0 Å². The van der Waals surface area contributed by atoms with Crippen molar-refractivity contribution in [3.05, 3.63) is 0 Å². The number of aliphatic hydroxyl groups is 1. The van der Waals surface area contributed by atoms with Crippen LogP contribution in [0.5, 0.6) is 0 Å². The van der Waals surface area contributed by atoms with E-state index in [1.807, 2.05) is 6.92 Å². The summed E-state index contributed by atoms with van der Waals surface area (Å²) in [4.78, 5) is 11.1. The van der Waals surface area contributed by atoms with E-state index in [0.717, 1.165) is 19.3 Å². The van der Waals surface area contributed by atoms with Crippen molar-refractivity contribution in [3.8, 4) is 0 Å². The third-order valence-electron chi connectivity index (χ3n) is 2.54. The number of carbonyl (C=O) groups excluding carboxylic acids is 1. The molecular weight excluding hydrogens is 182 g/mol. The minimum absolute atomic E-state index is 0.0618. The van der Waals surface area contributed by atoms with Crippen LogP contribution in [0.25, 0.3) is 0 Å². The number of nitrogens with one attached hydrogen (secondary N) is 1. The Morgan fingerprint density at radius 1 is 1.57 bits per heavy atom. The van der Waals surface area contributed by atoms with Crippen molar-refractivity contribution in [2.45, 2.75) is 32.3 Å². The molecule has 0 heterocycles. The predicted octanol–water partition coefficient (Wildman–Crippen LogP) is 0.300. The molecule has 1 fully saturated rings. The molecule has 82 valence electrons. The van der Waals surface area contributed by atoms with Gasteiger partial charge in [0.25, 0.3) is 0 Å². The Morgan fingerprint density at radius 3 is 2.93 bits per heavy atom. The summed E-state index contributed by atoms with van der Waals surface area (Å²) < 4.78 is 4.97. The third kappa shape index (κ3) is 4.07. The quantitative estimate of drug-likeness (QED) is 0.672. The lowest BCUT2D eigenvalue weighted by molar-refractivity contribution is -0.125. The first kappa shape index (κ1) is 11.5. The van der Waals surface area contributed by atoms with Crippen molar-refractivity contribution in [1.82, 2.24) is 5.32 Å². The molecule has 1 amide bonds. The molecule has 2 atom stereocenters. The lowest BCUT2D eigenvalue weighted by atomic mass is 10.1. The van der Waals surface area contributed by atoms with Gasteiger partial charge in [-0.2, -0.15) is 0 Å². The zero-order valence-corrected chi connectivity index (χ0v) is 8.66. The van der Waals surface area contributed by atoms with Gasteiger partial charge in [-0.25, -0.2) is 0 Å². The summed E-state index contributed by atoms with van der Waals surface area (Å²) in [6.07, 6.45) is 2.53. The second kappa shape index (κ2) is 5.98. The van der Waals surface area contributed by atoms with Gasteiger partial charge in [0.15, 0.2) is 0 Å². The summed E-state index contributed by atoms with van der Waals surface area (Å²) in [7, 11) is 0. The second-order valence-corrected chi connectivity index (χ2v) is 3.77. The fourth-order valence-electron chi connectivity index (χ4n) is 1.74. The lowest BCUT2D eigenvalue weighted by Crippen LogP contribution is -2.31. The average Bonchev–Trinajstić information content (AvgIpc) is 2.58. The molecule has 14 heavy (non-hydrogen) atoms. The van der Waals surface area contributed by atoms with E-state index in [9.17, 15) is 9.90 Å². The highest BCUT2D eigenvalue weighted by molar-refractivity contribution is 5.77. The number of aliphatic hydroxyl groups excluding tert-OH is 1. The Balaban J connectivity index is 2.05. The molecule has 1 rings (SSSR count). The first-order valence-electron chi connectivity index (χ1n) is 5.25. The Kier molecular flexibility index (Phi) is 4.90. The van der Waals surface area contributed by atoms with E-state index in [1.54, 1.807) is 0 Å². The van der Waals surface area contributed by atoms with Crippen molar-refractivity contribution in [1.29, 1.82) is 0 Å². The molecule has 0 bridgehead atoms. The summed E-state index contributed by atoms with van der Waals surface area (Å²) in [6, 6.07) is 0. The van der Waals surface area contributed by atoms with E-state index in [2.05, 4.69) is 5.32 Å². The van der Waals surface area contributed by atoms with Crippen LogP contribution in [0, 0.1) is 5.92 Å². The molecule has 2 unspecified atom stereocenters. The molecule has 0 aromatic carbocycles. The SMILES string of the molecule is CCOCC(=O)NCC1CCC(O)C1. The molecule has 0 aromatic heterocycles. The maximum Gasteiger partial charge on any atom is 0.246 e. The van der Waals surface area contributed by atoms with Gasteiger partial charge in [-0.15, -0.1) is 0 Å². The van der Waals surface area contributed by atoms with Crippen LogP contribution < -0.4 is 5.32 Å². The first-order chi connectivity index (χ1) is 6.72. The largest absolute Gasteiger partial charge is 0.393 e. The van der Waals surface area contributed by atoms with Gasteiger partial charge in [-0.05, 0) is 32.1 Å². The van der Waals surface area contributed by atoms with Gasteiger partial charge in [0, 0.05) is 13.2 Å². The van der Waals surface area contributed by atoms with E-state index in [4.69, 9.17) is 4.74 Å². The van der Waals surface area contributed by atoms with Crippen molar-refractivity contribution < 1.29 is 14.6 Å². The van der Waals surface area contributed by atoms with Gasteiger partial charge >= 0.3 is 0 Å². The molecule has 1 aliphatic carbocycles. The van der Waals surface area contributed by atoms with Crippen LogP contribution in [0.3, 0.4) is 0 Å². The Morgan fingerprint density at radius 2 is 2.36 bits per heavy atom. The Labute approximate surface area is 84.6 Å². The number of hydrogen-bond donors (Lipinski definition) is 2. The molecule has 0 saturated heterocycles. The van der Waals surface area contributed by atoms with E-state index in [-0.39, 0.29) is 18.6 Å². The van der Waals surface area contributed by atoms with Gasteiger partial charge in [0.05, 0.1) is 6.10 Å². The molecule has 1 aliphatic rings. The molecule has 4 heteroatoms. The average molecular weight is 201 g/mol. The van der Waals surface area contributed by atoms with Crippen LogP contribution in [0.4, 0.5) is 0 Å². The molecule has 0 aromatic rings. The third-order valence-corrected chi connectivity index (χ3v) is 2.54. The van der Waals surface area contributed by atoms with Crippen LogP contribution in [-0.4, -0.2) is 36.9 Å². The lowest BCUT2D eigenvalue weighted by Gasteiger charge is -2.10. The van der Waals surface area contributed by atoms with Crippen LogP contribution in [0.15, 0.2) is 0 Å². The number of ether oxygens (including phenoxy) is 1. The molecule has 0 spiro atoms. The maximum atomic E-state index is 11.1. The summed E-state index contributed by atoms with van der Waals surface area (Å²) in [5.74, 6) is 0.379. The van der Waals surface area contributed by atoms with E-state index in [1.165, 1.54) is 0 Å². The van der Waals surface area contributed by atoms with Crippen LogP contribution in [0.1, 0.15) is 26.2 Å². The zero-order valence-electron chi connectivity index (χ0n) is 8.66. The van der Waals surface area contributed by atoms with Crippen molar-refractivity contribution >= 4 is 5.91 Å². The highest BCUT2D eigenvalue weighted by atomic mass is 16.5. The number of hydrogen-bond acceptors (Lipinski definition) is 3. The Hall–Kier alpha value is -0.610. The van der Waals surface area contributed by atoms with Gasteiger partial charge in [-0.3, -0.25) is 4.79 Å². The van der Waals surface area contributed by atoms with Crippen LogP contribution in [-0.2, 0) is 9.53 Å². The molecule has 2 N–H and O–H groups in total. The van der Waals surface area contributed by atoms with Gasteiger partial charge < -0.3 is 15.2 Å². The zero-order chi connectivity index (χ0) is 10.4. The second-order valence-electron chi connectivity index (χ2n) is 3.77. The summed E-state index contributed by atoms with van der Waals surface area (Å²) in [6.45, 7) is 3.24. The Bertz CT molecular complexity index is 184. The summed E-state index contributed by atoms with van der Waals surface area (Å²) in [5.41, 5.74) is 0. The van der Waals surface area contributed by atoms with Gasteiger partial charge in [-0.1, -0.05) is 0 Å². The minimum Gasteiger partial charge on any atom is -0.393 e. The summed E-state index contributed by atoms with van der Waals surface area (Å²) >= 11 is 0. The van der Waals surface area contributed by atoms with Crippen molar-refractivity contribution in [2.24, 2.45) is 5.92 Å². The van der Waals surface area contributed by atoms with E-state index in [0.29, 0.717) is 19.1 Å². The normalized spacial score (nSPS) is 26.4. The molecule has 0 aliphatic heterocycles. The smallest absolute Gasteiger partial charge is 0.246 e. The fourth-order valence-corrected chi connectivity index (χ4v) is 1.74. The molecular formula is C10H19NO3. The monoisotopic (exact) mass is 201 g/mol. The number of rotatable bonds is 5. The number of amides is 1. The highest BCUT2D eigenvalue weighted by Gasteiger charge is 2.22. The topological polar surface area (TPSA) is 58.6 Å². The predicted molar refractivity (Wildman–Crippen MR) is 52.9 cm³/mol. The molecule has 0 radical (unpaired) electrons. The van der Waals surface area contributed by atoms with Crippen LogP contribution in [0.2, 0.25) is 0 Å². The van der Waals surface area contributed by atoms with Gasteiger partial charge in [0.2, 0.25) is 5.91 Å². The maximum absolute atomic E-state index is 11.1. The van der Waals surface area contributed by atoms with Gasteiger partial charge in [0.1, 0.15) is 6.61 Å². The summed E-state index contributed by atoms with van der Waals surface area (Å²) in [5, 5.41) is 12.1.